The quantitative estimate of drug-likeness (QED) is 0.756. The van der Waals surface area contributed by atoms with Crippen molar-refractivity contribution in [1.82, 2.24) is 0 Å². The molecule has 0 bridgehead atoms. The van der Waals surface area contributed by atoms with Crippen LogP contribution in [-0.2, 0) is 0 Å². The Labute approximate surface area is 92.3 Å². The minimum Gasteiger partial charge on any atom is -0.390 e. The van der Waals surface area contributed by atoms with Gasteiger partial charge in [-0.3, -0.25) is 0 Å². The van der Waals surface area contributed by atoms with Crippen LogP contribution in [0, 0.1) is 28.6 Å². The smallest absolute Gasteiger partial charge is 0.0693 e. The van der Waals surface area contributed by atoms with E-state index in [0.717, 1.165) is 31.6 Å². The molecule has 0 unspecified atom stereocenters. The van der Waals surface area contributed by atoms with Gasteiger partial charge in [0, 0.05) is 5.92 Å². The first-order valence-electron chi connectivity index (χ1n) is 6.14. The normalized spacial score (nSPS) is 46.1. The van der Waals surface area contributed by atoms with Gasteiger partial charge in [0.05, 0.1) is 17.1 Å². The van der Waals surface area contributed by atoms with Gasteiger partial charge in [-0.1, -0.05) is 19.8 Å². The molecule has 0 aromatic rings. The van der Waals surface area contributed by atoms with Gasteiger partial charge < -0.3 is 5.11 Å². The fraction of sp³-hybridized carbons (Fsp3) is 0.923. The predicted octanol–water partition coefficient (Wildman–Crippen LogP) is 2.87. The van der Waals surface area contributed by atoms with Crippen molar-refractivity contribution < 1.29 is 5.11 Å². The van der Waals surface area contributed by atoms with Crippen LogP contribution in [0.2, 0.25) is 0 Å². The highest BCUT2D eigenvalue weighted by molar-refractivity contribution is 5.10. The van der Waals surface area contributed by atoms with Gasteiger partial charge >= 0.3 is 0 Å². The largest absolute Gasteiger partial charge is 0.390 e. The Bertz CT molecular complexity index is 287. The highest BCUT2D eigenvalue weighted by Crippen LogP contribution is 2.53. The summed E-state index contributed by atoms with van der Waals surface area (Å²) < 4.78 is 0. The summed E-state index contributed by atoms with van der Waals surface area (Å²) in [6.07, 6.45) is 6.43. The summed E-state index contributed by atoms with van der Waals surface area (Å²) in [6.45, 7) is 3.96. The molecule has 2 rings (SSSR count). The van der Waals surface area contributed by atoms with Gasteiger partial charge in [0.15, 0.2) is 0 Å². The van der Waals surface area contributed by atoms with E-state index in [1.54, 1.807) is 0 Å². The van der Waals surface area contributed by atoms with E-state index in [4.69, 9.17) is 0 Å². The van der Waals surface area contributed by atoms with Gasteiger partial charge in [-0.05, 0) is 38.5 Å². The number of hydrogen-bond acceptors (Lipinski definition) is 2. The molecule has 0 aromatic carbocycles. The average molecular weight is 207 g/mol. The van der Waals surface area contributed by atoms with E-state index in [1.165, 1.54) is 12.8 Å². The second-order valence-corrected chi connectivity index (χ2v) is 5.85. The Balaban J connectivity index is 2.18. The Morgan fingerprint density at radius 1 is 1.40 bits per heavy atom. The van der Waals surface area contributed by atoms with Crippen molar-refractivity contribution in [3.05, 3.63) is 0 Å². The number of nitriles is 1. The molecular formula is C13H21NO. The zero-order chi connectivity index (χ0) is 11.1. The molecule has 0 spiro atoms. The second kappa shape index (κ2) is 3.49. The molecule has 2 aliphatic carbocycles. The van der Waals surface area contributed by atoms with Gasteiger partial charge in [0.1, 0.15) is 0 Å². The molecule has 2 saturated carbocycles. The summed E-state index contributed by atoms with van der Waals surface area (Å²) in [5.74, 6) is 0.880. The third-order valence-corrected chi connectivity index (χ3v) is 4.64. The third kappa shape index (κ3) is 1.90. The van der Waals surface area contributed by atoms with E-state index < -0.39 is 5.60 Å². The van der Waals surface area contributed by atoms with Crippen molar-refractivity contribution in [2.45, 2.75) is 58.0 Å². The first-order chi connectivity index (χ1) is 7.00. The van der Waals surface area contributed by atoms with E-state index in [-0.39, 0.29) is 11.3 Å². The zero-order valence-electron chi connectivity index (χ0n) is 9.79. The summed E-state index contributed by atoms with van der Waals surface area (Å²) in [7, 11) is 0. The van der Waals surface area contributed by atoms with Crippen LogP contribution in [0.4, 0.5) is 0 Å². The van der Waals surface area contributed by atoms with Crippen LogP contribution in [0.25, 0.3) is 0 Å². The van der Waals surface area contributed by atoms with Crippen LogP contribution in [0.1, 0.15) is 52.4 Å². The summed E-state index contributed by atoms with van der Waals surface area (Å²) >= 11 is 0. The summed E-state index contributed by atoms with van der Waals surface area (Å²) in [5.41, 5.74) is -0.883. The van der Waals surface area contributed by atoms with E-state index in [0.29, 0.717) is 0 Å². The van der Waals surface area contributed by atoms with Crippen LogP contribution in [-0.4, -0.2) is 10.7 Å². The average Bonchev–Trinajstić information content (AvgIpc) is 2.97. The second-order valence-electron chi connectivity index (χ2n) is 5.85. The first kappa shape index (κ1) is 11.0. The summed E-state index contributed by atoms with van der Waals surface area (Å²) in [6, 6.07) is 2.53. The van der Waals surface area contributed by atoms with Gasteiger partial charge in [0.2, 0.25) is 0 Å². The Kier molecular flexibility index (Phi) is 2.55. The maximum atomic E-state index is 10.3. The molecule has 84 valence electrons. The van der Waals surface area contributed by atoms with Crippen molar-refractivity contribution in [2.75, 3.05) is 0 Å². The number of hydrogen-bond donors (Lipinski definition) is 1. The molecule has 2 nitrogen and oxygen atoms in total. The van der Waals surface area contributed by atoms with Crippen molar-refractivity contribution in [1.29, 1.82) is 5.26 Å². The first-order valence-corrected chi connectivity index (χ1v) is 6.14. The van der Waals surface area contributed by atoms with Crippen LogP contribution in [0.5, 0.6) is 0 Å². The molecule has 2 aliphatic rings. The molecule has 3 atom stereocenters. The molecule has 0 amide bonds. The summed E-state index contributed by atoms with van der Waals surface area (Å²) in [5, 5.41) is 19.8. The number of nitrogens with zero attached hydrogens (tertiary/aromatic N) is 1. The van der Waals surface area contributed by atoms with E-state index in [2.05, 4.69) is 13.0 Å². The van der Waals surface area contributed by atoms with Crippen LogP contribution in [0.3, 0.4) is 0 Å². The van der Waals surface area contributed by atoms with Crippen molar-refractivity contribution >= 4 is 0 Å². The number of aliphatic hydroxyl groups is 1. The fourth-order valence-corrected chi connectivity index (χ4v) is 3.10. The lowest BCUT2D eigenvalue weighted by Crippen LogP contribution is -2.47. The molecule has 0 saturated heterocycles. The van der Waals surface area contributed by atoms with Crippen LogP contribution >= 0.6 is 0 Å². The molecular weight excluding hydrogens is 186 g/mol. The maximum Gasteiger partial charge on any atom is 0.0693 e. The Morgan fingerprint density at radius 3 is 2.60 bits per heavy atom. The van der Waals surface area contributed by atoms with Crippen molar-refractivity contribution in [3.8, 4) is 6.07 Å². The van der Waals surface area contributed by atoms with Crippen molar-refractivity contribution in [2.24, 2.45) is 17.3 Å². The molecule has 2 fully saturated rings. The van der Waals surface area contributed by atoms with E-state index in [9.17, 15) is 10.4 Å². The zero-order valence-corrected chi connectivity index (χ0v) is 9.79. The van der Waals surface area contributed by atoms with Crippen LogP contribution < -0.4 is 0 Å². The van der Waals surface area contributed by atoms with Crippen LogP contribution in [0.15, 0.2) is 0 Å². The molecule has 15 heavy (non-hydrogen) atoms. The van der Waals surface area contributed by atoms with Crippen molar-refractivity contribution in [3.63, 3.8) is 0 Å². The molecule has 0 aliphatic heterocycles. The lowest BCUT2D eigenvalue weighted by Gasteiger charge is -2.46. The predicted molar refractivity (Wildman–Crippen MR) is 59.0 cm³/mol. The highest BCUT2D eigenvalue weighted by atomic mass is 16.3. The summed E-state index contributed by atoms with van der Waals surface area (Å²) in [4.78, 5) is 0. The molecule has 0 heterocycles. The lowest BCUT2D eigenvalue weighted by molar-refractivity contribution is -0.0770. The topological polar surface area (TPSA) is 44.0 Å². The SMILES string of the molecule is C[C@@H]1[C@](C#N)(CC2CC2)CCC[C@]1(C)O. The molecule has 1 N–H and O–H groups in total. The minimum absolute atomic E-state index is 0.115. The lowest BCUT2D eigenvalue weighted by atomic mass is 9.59. The fourth-order valence-electron chi connectivity index (χ4n) is 3.10. The van der Waals surface area contributed by atoms with E-state index in [1.807, 2.05) is 6.92 Å². The Morgan fingerprint density at radius 2 is 2.07 bits per heavy atom. The molecule has 0 aromatic heterocycles. The molecule has 2 heteroatoms. The van der Waals surface area contributed by atoms with Gasteiger partial charge in [-0.2, -0.15) is 5.26 Å². The minimum atomic E-state index is -0.636. The maximum absolute atomic E-state index is 10.3. The molecule has 0 radical (unpaired) electrons. The van der Waals surface area contributed by atoms with Gasteiger partial charge in [-0.15, -0.1) is 0 Å². The monoisotopic (exact) mass is 207 g/mol. The van der Waals surface area contributed by atoms with Gasteiger partial charge in [0.25, 0.3) is 0 Å². The number of rotatable bonds is 2. The Hall–Kier alpha value is -0.550. The third-order valence-electron chi connectivity index (χ3n) is 4.64. The van der Waals surface area contributed by atoms with E-state index >= 15 is 0 Å². The highest BCUT2D eigenvalue weighted by Gasteiger charge is 2.50. The van der Waals surface area contributed by atoms with Gasteiger partial charge in [-0.25, -0.2) is 0 Å². The standard InChI is InChI=1S/C13H21NO/c1-10-12(2,15)6-3-7-13(10,9-14)8-11-4-5-11/h10-11,15H,3-8H2,1-2H3/t10-,12-,13-/m0/s1.